The van der Waals surface area contributed by atoms with Crippen LogP contribution in [0.4, 0.5) is 11.4 Å². The summed E-state index contributed by atoms with van der Waals surface area (Å²) in [6.07, 6.45) is 1.74. The molecular weight excluding hydrogens is 462 g/mol. The number of carbonyl (C=O) groups is 2. The molecule has 0 saturated carbocycles. The van der Waals surface area contributed by atoms with Crippen LogP contribution in [0.2, 0.25) is 0 Å². The number of para-hydroxylation sites is 1. The van der Waals surface area contributed by atoms with Crippen LogP contribution in [0.15, 0.2) is 65.0 Å². The summed E-state index contributed by atoms with van der Waals surface area (Å²) in [4.78, 5) is 29.8. The Labute approximate surface area is 208 Å². The van der Waals surface area contributed by atoms with Crippen LogP contribution in [-0.2, 0) is 17.6 Å². The molecule has 0 spiro atoms. The van der Waals surface area contributed by atoms with E-state index in [1.54, 1.807) is 0 Å². The molecule has 5 nitrogen and oxygen atoms in total. The first-order valence-electron chi connectivity index (χ1n) is 11.3. The van der Waals surface area contributed by atoms with Crippen LogP contribution in [-0.4, -0.2) is 22.6 Å². The number of carbonyl (C=O) groups excluding carboxylic acids is 2. The minimum atomic E-state index is -0.144. The fraction of sp³-hybridized carbons (Fsp3) is 0.222. The zero-order chi connectivity index (χ0) is 24.1. The van der Waals surface area contributed by atoms with Crippen molar-refractivity contribution in [3.8, 4) is 0 Å². The number of anilines is 2. The molecule has 2 amide bonds. The average Bonchev–Trinajstić information content (AvgIpc) is 3.25. The van der Waals surface area contributed by atoms with Gasteiger partial charge in [-0.15, -0.1) is 11.3 Å². The molecule has 0 aliphatic heterocycles. The Morgan fingerprint density at radius 3 is 2.32 bits per heavy atom. The number of aromatic nitrogens is 1. The van der Waals surface area contributed by atoms with E-state index in [2.05, 4.69) is 41.6 Å². The second-order valence-electron chi connectivity index (χ2n) is 7.98. The summed E-state index contributed by atoms with van der Waals surface area (Å²) in [5.74, 6) is 0.109. The van der Waals surface area contributed by atoms with E-state index >= 15 is 0 Å². The summed E-state index contributed by atoms with van der Waals surface area (Å²) in [6, 6.07) is 19.3. The molecule has 1 aromatic heterocycles. The molecule has 7 heteroatoms. The molecule has 34 heavy (non-hydrogen) atoms. The zero-order valence-corrected chi connectivity index (χ0v) is 21.1. The molecule has 0 fully saturated rings. The molecule has 0 aliphatic carbocycles. The third-order valence-electron chi connectivity index (χ3n) is 5.53. The van der Waals surface area contributed by atoms with Gasteiger partial charge < -0.3 is 10.6 Å². The van der Waals surface area contributed by atoms with Crippen molar-refractivity contribution in [2.75, 3.05) is 16.4 Å². The molecule has 174 valence electrons. The van der Waals surface area contributed by atoms with Gasteiger partial charge in [0.15, 0.2) is 4.34 Å². The van der Waals surface area contributed by atoms with E-state index in [1.165, 1.54) is 23.1 Å². The van der Waals surface area contributed by atoms with Gasteiger partial charge in [-0.25, -0.2) is 4.98 Å². The second kappa shape index (κ2) is 10.8. The molecule has 0 bridgehead atoms. The van der Waals surface area contributed by atoms with Crippen LogP contribution >= 0.6 is 23.1 Å². The van der Waals surface area contributed by atoms with Gasteiger partial charge in [-0.05, 0) is 61.2 Å². The van der Waals surface area contributed by atoms with Gasteiger partial charge in [-0.3, -0.25) is 9.59 Å². The summed E-state index contributed by atoms with van der Waals surface area (Å²) in [7, 11) is 0. The molecular formula is C27H27N3O2S2. The Morgan fingerprint density at radius 1 is 0.941 bits per heavy atom. The maximum Gasteiger partial charge on any atom is 0.255 e. The first-order valence-corrected chi connectivity index (χ1v) is 13.1. The number of benzene rings is 3. The van der Waals surface area contributed by atoms with E-state index in [1.807, 2.05) is 55.5 Å². The molecule has 0 atom stereocenters. The smallest absolute Gasteiger partial charge is 0.255 e. The van der Waals surface area contributed by atoms with E-state index in [0.29, 0.717) is 5.56 Å². The zero-order valence-electron chi connectivity index (χ0n) is 19.5. The molecule has 3 aromatic carbocycles. The lowest BCUT2D eigenvalue weighted by Gasteiger charge is -2.14. The normalized spacial score (nSPS) is 10.9. The lowest BCUT2D eigenvalue weighted by atomic mass is 10.0. The van der Waals surface area contributed by atoms with Crippen molar-refractivity contribution in [3.05, 3.63) is 82.9 Å². The van der Waals surface area contributed by atoms with E-state index < -0.39 is 0 Å². The van der Waals surface area contributed by atoms with Gasteiger partial charge in [0.2, 0.25) is 5.91 Å². The lowest BCUT2D eigenvalue weighted by molar-refractivity contribution is -0.113. The number of hydrogen-bond acceptors (Lipinski definition) is 5. The minimum absolute atomic E-state index is 0.0362. The highest BCUT2D eigenvalue weighted by molar-refractivity contribution is 8.01. The van der Waals surface area contributed by atoms with Gasteiger partial charge in [0.25, 0.3) is 5.91 Å². The van der Waals surface area contributed by atoms with E-state index in [4.69, 9.17) is 0 Å². The highest BCUT2D eigenvalue weighted by atomic mass is 32.2. The maximum absolute atomic E-state index is 12.7. The van der Waals surface area contributed by atoms with Gasteiger partial charge >= 0.3 is 0 Å². The largest absolute Gasteiger partial charge is 0.325 e. The Morgan fingerprint density at radius 2 is 1.65 bits per heavy atom. The number of rotatable bonds is 8. The SMILES string of the molecule is CCc1cccc(CC)c1NC(=O)CSc1nc2ccc(NC(=O)c3ccc(C)cc3)cc2s1. The Hall–Kier alpha value is -3.16. The highest BCUT2D eigenvalue weighted by Gasteiger charge is 2.13. The number of aryl methyl sites for hydroxylation is 3. The van der Waals surface area contributed by atoms with Crippen LogP contribution in [0.25, 0.3) is 10.2 Å². The summed E-state index contributed by atoms with van der Waals surface area (Å²) < 4.78 is 1.79. The molecule has 1 heterocycles. The van der Waals surface area contributed by atoms with Crippen LogP contribution < -0.4 is 10.6 Å². The second-order valence-corrected chi connectivity index (χ2v) is 10.2. The van der Waals surface area contributed by atoms with Crippen molar-refractivity contribution >= 4 is 56.5 Å². The number of hydrogen-bond donors (Lipinski definition) is 2. The molecule has 4 rings (SSSR count). The highest BCUT2D eigenvalue weighted by Crippen LogP contribution is 2.32. The first-order chi connectivity index (χ1) is 16.5. The van der Waals surface area contributed by atoms with Crippen LogP contribution in [0.5, 0.6) is 0 Å². The summed E-state index contributed by atoms with van der Waals surface area (Å²) in [5.41, 5.74) is 6.55. The van der Waals surface area contributed by atoms with Crippen molar-refractivity contribution in [1.29, 1.82) is 0 Å². The topological polar surface area (TPSA) is 71.1 Å². The van der Waals surface area contributed by atoms with Crippen LogP contribution in [0.3, 0.4) is 0 Å². The van der Waals surface area contributed by atoms with E-state index in [-0.39, 0.29) is 17.6 Å². The third-order valence-corrected chi connectivity index (χ3v) is 7.69. The minimum Gasteiger partial charge on any atom is -0.325 e. The standard InChI is InChI=1S/C27H27N3O2S2/c1-4-18-7-6-8-19(5-2)25(18)30-24(31)16-33-27-29-22-14-13-21(15-23(22)34-27)28-26(32)20-11-9-17(3)10-12-20/h6-15H,4-5,16H2,1-3H3,(H,28,32)(H,30,31). The van der Waals surface area contributed by atoms with E-state index in [0.717, 1.165) is 55.5 Å². The van der Waals surface area contributed by atoms with Crippen LogP contribution in [0, 0.1) is 6.92 Å². The van der Waals surface area contributed by atoms with Gasteiger partial charge in [-0.1, -0.05) is 61.5 Å². The molecule has 2 N–H and O–H groups in total. The number of thioether (sulfide) groups is 1. The fourth-order valence-corrected chi connectivity index (χ4v) is 5.56. The van der Waals surface area contributed by atoms with Gasteiger partial charge in [0.05, 0.1) is 16.0 Å². The maximum atomic E-state index is 12.7. The fourth-order valence-electron chi connectivity index (χ4n) is 3.66. The van der Waals surface area contributed by atoms with Gasteiger partial charge in [0, 0.05) is 16.9 Å². The Kier molecular flexibility index (Phi) is 7.65. The van der Waals surface area contributed by atoms with Crippen molar-refractivity contribution in [2.24, 2.45) is 0 Å². The molecule has 0 radical (unpaired) electrons. The Bertz CT molecular complexity index is 1310. The lowest BCUT2D eigenvalue weighted by Crippen LogP contribution is -2.16. The number of fused-ring (bicyclic) bond motifs is 1. The predicted molar refractivity (Wildman–Crippen MR) is 143 cm³/mol. The number of nitrogens with zero attached hydrogens (tertiary/aromatic N) is 1. The van der Waals surface area contributed by atoms with Crippen molar-refractivity contribution in [2.45, 2.75) is 38.0 Å². The molecule has 4 aromatic rings. The molecule has 0 unspecified atom stereocenters. The number of nitrogens with one attached hydrogen (secondary N) is 2. The molecule has 0 aliphatic rings. The van der Waals surface area contributed by atoms with Crippen LogP contribution in [0.1, 0.15) is 40.9 Å². The number of thiazole rings is 1. The monoisotopic (exact) mass is 489 g/mol. The summed E-state index contributed by atoms with van der Waals surface area (Å²) in [5, 5.41) is 6.05. The average molecular weight is 490 g/mol. The quantitative estimate of drug-likeness (QED) is 0.270. The third kappa shape index (κ3) is 5.66. The molecule has 0 saturated heterocycles. The van der Waals surface area contributed by atoms with E-state index in [9.17, 15) is 9.59 Å². The number of amides is 2. The predicted octanol–water partition coefficient (Wildman–Crippen LogP) is 6.71. The summed E-state index contributed by atoms with van der Waals surface area (Å²) in [6.45, 7) is 6.18. The first kappa shape index (κ1) is 24.0. The van der Waals surface area contributed by atoms with Crippen molar-refractivity contribution in [1.82, 2.24) is 4.98 Å². The van der Waals surface area contributed by atoms with Crippen molar-refractivity contribution in [3.63, 3.8) is 0 Å². The van der Waals surface area contributed by atoms with Gasteiger partial charge in [0.1, 0.15) is 0 Å². The van der Waals surface area contributed by atoms with Crippen molar-refractivity contribution < 1.29 is 9.59 Å². The van der Waals surface area contributed by atoms with Gasteiger partial charge in [-0.2, -0.15) is 0 Å². The summed E-state index contributed by atoms with van der Waals surface area (Å²) >= 11 is 2.95. The Balaban J connectivity index is 1.40.